The normalized spacial score (nSPS) is 17.1. The molecule has 3 N–H and O–H groups in total. The van der Waals surface area contributed by atoms with E-state index < -0.39 is 6.04 Å². The minimum atomic E-state index is -0.472. The van der Waals surface area contributed by atoms with Gasteiger partial charge in [-0.3, -0.25) is 14.7 Å². The molecule has 1 saturated heterocycles. The fourth-order valence-corrected chi connectivity index (χ4v) is 2.32. The van der Waals surface area contributed by atoms with E-state index in [4.69, 9.17) is 4.74 Å². The number of ether oxygens (including phenoxy) is 1. The predicted molar refractivity (Wildman–Crippen MR) is 79.5 cm³/mol. The van der Waals surface area contributed by atoms with Crippen molar-refractivity contribution in [3.05, 3.63) is 36.0 Å². The van der Waals surface area contributed by atoms with E-state index in [0.717, 1.165) is 11.3 Å². The molecule has 2 heterocycles. The molecular formula is C15H16N4O3. The van der Waals surface area contributed by atoms with Gasteiger partial charge in [-0.15, -0.1) is 0 Å². The summed E-state index contributed by atoms with van der Waals surface area (Å²) in [4.78, 5) is 23.6. The van der Waals surface area contributed by atoms with Crippen molar-refractivity contribution in [1.82, 2.24) is 20.8 Å². The Bertz CT molecular complexity index is 693. The number of amides is 2. The molecule has 22 heavy (non-hydrogen) atoms. The number of hydrogen-bond acceptors (Lipinski definition) is 4. The van der Waals surface area contributed by atoms with Crippen LogP contribution in [0.5, 0.6) is 5.75 Å². The van der Waals surface area contributed by atoms with Crippen LogP contribution in [0.25, 0.3) is 11.3 Å². The van der Waals surface area contributed by atoms with E-state index >= 15 is 0 Å². The number of carbonyl (C=O) groups is 2. The lowest BCUT2D eigenvalue weighted by atomic mass is 10.1. The van der Waals surface area contributed by atoms with Gasteiger partial charge < -0.3 is 15.4 Å². The highest BCUT2D eigenvalue weighted by molar-refractivity contribution is 5.97. The van der Waals surface area contributed by atoms with Crippen molar-refractivity contribution in [2.75, 3.05) is 13.7 Å². The lowest BCUT2D eigenvalue weighted by molar-refractivity contribution is -0.120. The Balaban J connectivity index is 1.72. The van der Waals surface area contributed by atoms with Gasteiger partial charge in [-0.2, -0.15) is 5.10 Å². The maximum absolute atomic E-state index is 12.1. The Kier molecular flexibility index (Phi) is 3.78. The van der Waals surface area contributed by atoms with Crippen LogP contribution in [0.2, 0.25) is 0 Å². The number of H-pyrrole nitrogens is 1. The van der Waals surface area contributed by atoms with Gasteiger partial charge in [0.2, 0.25) is 5.91 Å². The Morgan fingerprint density at radius 2 is 2.14 bits per heavy atom. The van der Waals surface area contributed by atoms with Gasteiger partial charge in [0, 0.05) is 12.1 Å². The second kappa shape index (κ2) is 5.88. The van der Waals surface area contributed by atoms with E-state index in [-0.39, 0.29) is 11.8 Å². The van der Waals surface area contributed by atoms with E-state index in [0.29, 0.717) is 24.4 Å². The summed E-state index contributed by atoms with van der Waals surface area (Å²) >= 11 is 0. The monoisotopic (exact) mass is 300 g/mol. The van der Waals surface area contributed by atoms with Gasteiger partial charge in [-0.05, 0) is 36.8 Å². The third-order valence-electron chi connectivity index (χ3n) is 3.56. The highest BCUT2D eigenvalue weighted by Crippen LogP contribution is 2.21. The van der Waals surface area contributed by atoms with Crippen molar-refractivity contribution in [1.29, 1.82) is 0 Å². The van der Waals surface area contributed by atoms with Crippen LogP contribution >= 0.6 is 0 Å². The molecule has 1 fully saturated rings. The van der Waals surface area contributed by atoms with E-state index in [2.05, 4.69) is 20.8 Å². The Morgan fingerprint density at radius 1 is 1.36 bits per heavy atom. The molecular weight excluding hydrogens is 284 g/mol. The van der Waals surface area contributed by atoms with Gasteiger partial charge in [0.05, 0.1) is 12.8 Å². The molecule has 1 aliphatic heterocycles. The fourth-order valence-electron chi connectivity index (χ4n) is 2.32. The van der Waals surface area contributed by atoms with E-state index in [1.165, 1.54) is 0 Å². The summed E-state index contributed by atoms with van der Waals surface area (Å²) in [5.74, 6) is 0.266. The predicted octanol–water partition coefficient (Wildman–Crippen LogP) is 0.704. The molecule has 1 aromatic heterocycles. The van der Waals surface area contributed by atoms with Crippen LogP contribution < -0.4 is 15.4 Å². The van der Waals surface area contributed by atoms with E-state index in [1.54, 1.807) is 13.2 Å². The lowest BCUT2D eigenvalue weighted by Gasteiger charge is -2.07. The van der Waals surface area contributed by atoms with Gasteiger partial charge >= 0.3 is 0 Å². The van der Waals surface area contributed by atoms with Crippen LogP contribution in [0, 0.1) is 0 Å². The third-order valence-corrected chi connectivity index (χ3v) is 3.56. The summed E-state index contributed by atoms with van der Waals surface area (Å²) < 4.78 is 5.10. The number of benzene rings is 1. The molecule has 7 nitrogen and oxygen atoms in total. The second-order valence-corrected chi connectivity index (χ2v) is 5.00. The Hall–Kier alpha value is -2.83. The first-order chi connectivity index (χ1) is 10.7. The summed E-state index contributed by atoms with van der Waals surface area (Å²) in [6.07, 6.45) is 0.601. The number of rotatable bonds is 4. The van der Waals surface area contributed by atoms with E-state index in [9.17, 15) is 9.59 Å². The van der Waals surface area contributed by atoms with Gasteiger partial charge in [0.25, 0.3) is 5.91 Å². The topological polar surface area (TPSA) is 96.1 Å². The van der Waals surface area contributed by atoms with Crippen LogP contribution in [-0.2, 0) is 4.79 Å². The molecule has 1 aliphatic rings. The van der Waals surface area contributed by atoms with E-state index in [1.807, 2.05) is 24.3 Å². The molecule has 1 atom stereocenters. The smallest absolute Gasteiger partial charge is 0.269 e. The molecule has 0 saturated carbocycles. The summed E-state index contributed by atoms with van der Waals surface area (Å²) in [5.41, 5.74) is 1.85. The zero-order valence-electron chi connectivity index (χ0n) is 12.1. The number of nitrogens with one attached hydrogen (secondary N) is 3. The summed E-state index contributed by atoms with van der Waals surface area (Å²) in [6.45, 7) is 0.587. The van der Waals surface area contributed by atoms with Gasteiger partial charge in [-0.25, -0.2) is 0 Å². The average Bonchev–Trinajstić information content (AvgIpc) is 3.17. The number of carbonyl (C=O) groups excluding carboxylic acids is 2. The standard InChI is InChI=1S/C15H16N4O3/c1-22-10-4-2-9(3-5-10)12-8-13(19-18-12)15(21)17-11-6-7-16-14(11)20/h2-5,8,11H,6-7H2,1H3,(H,16,20)(H,17,21)(H,18,19). The molecule has 114 valence electrons. The average molecular weight is 300 g/mol. The highest BCUT2D eigenvalue weighted by atomic mass is 16.5. The van der Waals surface area contributed by atoms with Crippen LogP contribution in [0.4, 0.5) is 0 Å². The van der Waals surface area contributed by atoms with Crippen molar-refractivity contribution in [3.8, 4) is 17.0 Å². The molecule has 0 spiro atoms. The Morgan fingerprint density at radius 3 is 2.77 bits per heavy atom. The number of methoxy groups -OCH3 is 1. The van der Waals surface area contributed by atoms with Crippen LogP contribution in [0.1, 0.15) is 16.9 Å². The minimum absolute atomic E-state index is 0.150. The molecule has 1 unspecified atom stereocenters. The molecule has 2 aromatic rings. The largest absolute Gasteiger partial charge is 0.497 e. The molecule has 0 radical (unpaired) electrons. The van der Waals surface area contributed by atoms with Crippen LogP contribution in [-0.4, -0.2) is 41.7 Å². The lowest BCUT2D eigenvalue weighted by Crippen LogP contribution is -2.40. The van der Waals surface area contributed by atoms with Gasteiger partial charge in [-0.1, -0.05) is 0 Å². The second-order valence-electron chi connectivity index (χ2n) is 5.00. The number of nitrogens with zero attached hydrogens (tertiary/aromatic N) is 1. The first-order valence-corrected chi connectivity index (χ1v) is 6.96. The zero-order chi connectivity index (χ0) is 15.5. The summed E-state index contributed by atoms with van der Waals surface area (Å²) in [7, 11) is 1.60. The first kappa shape index (κ1) is 14.1. The van der Waals surface area contributed by atoms with Crippen LogP contribution in [0.3, 0.4) is 0 Å². The third kappa shape index (κ3) is 2.78. The number of aromatic nitrogens is 2. The molecule has 3 rings (SSSR count). The molecule has 1 aromatic carbocycles. The maximum atomic E-state index is 12.1. The Labute approximate surface area is 127 Å². The minimum Gasteiger partial charge on any atom is -0.497 e. The summed E-state index contributed by atoms with van der Waals surface area (Å²) in [6, 6.07) is 8.56. The van der Waals surface area contributed by atoms with Crippen molar-refractivity contribution in [2.24, 2.45) is 0 Å². The quantitative estimate of drug-likeness (QED) is 0.774. The number of hydrogen-bond donors (Lipinski definition) is 3. The fraction of sp³-hybridized carbons (Fsp3) is 0.267. The number of aromatic amines is 1. The SMILES string of the molecule is COc1ccc(-c2cc(C(=O)NC3CCNC3=O)[nH]n2)cc1. The summed E-state index contributed by atoms with van der Waals surface area (Å²) in [5, 5.41) is 12.2. The van der Waals surface area contributed by atoms with Crippen molar-refractivity contribution < 1.29 is 14.3 Å². The molecule has 7 heteroatoms. The molecule has 2 amide bonds. The van der Waals surface area contributed by atoms with Crippen molar-refractivity contribution in [3.63, 3.8) is 0 Å². The maximum Gasteiger partial charge on any atom is 0.269 e. The molecule has 0 bridgehead atoms. The van der Waals surface area contributed by atoms with Crippen LogP contribution in [0.15, 0.2) is 30.3 Å². The first-order valence-electron chi connectivity index (χ1n) is 6.96. The van der Waals surface area contributed by atoms with Gasteiger partial charge in [0.15, 0.2) is 0 Å². The van der Waals surface area contributed by atoms with Gasteiger partial charge in [0.1, 0.15) is 17.5 Å². The highest BCUT2D eigenvalue weighted by Gasteiger charge is 2.26. The zero-order valence-corrected chi connectivity index (χ0v) is 12.1. The van der Waals surface area contributed by atoms with Crippen molar-refractivity contribution >= 4 is 11.8 Å². The van der Waals surface area contributed by atoms with Crippen molar-refractivity contribution in [2.45, 2.75) is 12.5 Å². The molecule has 0 aliphatic carbocycles.